The Bertz CT molecular complexity index is 3700. The third kappa shape index (κ3) is 6.36. The molecule has 0 N–H and O–H groups in total. The van der Waals surface area contributed by atoms with Gasteiger partial charge in [0.2, 0.25) is 0 Å². The molecule has 13 rings (SSSR count). The van der Waals surface area contributed by atoms with Gasteiger partial charge in [-0.25, -0.2) is 0 Å². The molecule has 2 heterocycles. The molecule has 0 aliphatic heterocycles. The summed E-state index contributed by atoms with van der Waals surface area (Å²) in [6.07, 6.45) is 0. The van der Waals surface area contributed by atoms with Crippen molar-refractivity contribution in [1.29, 1.82) is 0 Å². The average molecular weight is 830 g/mol. The Kier molecular flexibility index (Phi) is 8.53. The van der Waals surface area contributed by atoms with Gasteiger partial charge in [-0.1, -0.05) is 164 Å². The summed E-state index contributed by atoms with van der Waals surface area (Å²) in [6.45, 7) is 0. The minimum atomic E-state index is 0.891. The monoisotopic (exact) mass is 829 g/mol. The van der Waals surface area contributed by atoms with Crippen LogP contribution >= 0.6 is 0 Å². The van der Waals surface area contributed by atoms with Crippen LogP contribution in [0, 0.1) is 0 Å². The third-order valence-corrected chi connectivity index (χ3v) is 13.1. The molecule has 65 heavy (non-hydrogen) atoms. The number of benzene rings is 11. The fourth-order valence-corrected chi connectivity index (χ4v) is 9.79. The highest BCUT2D eigenvalue weighted by atomic mass is 16.3. The van der Waals surface area contributed by atoms with E-state index >= 15 is 0 Å². The van der Waals surface area contributed by atoms with Crippen LogP contribution in [0.15, 0.2) is 245 Å². The standard InChI is InChI=1S/C62H39NO2/c1-2-8-40(9-3-1)41-14-16-42(17-15-41)43-18-28-50(29-19-43)63(51-30-20-44(21-31-51)48-24-34-55-59(38-48)64-57-36-26-46-10-4-6-12-53(46)61(55)57)52-32-22-45(23-33-52)49-25-35-56-60(39-49)65-58-37-27-47-11-5-7-13-54(47)62(56)58/h1-39H. The van der Waals surface area contributed by atoms with Crippen molar-refractivity contribution in [2.45, 2.75) is 0 Å². The van der Waals surface area contributed by atoms with Crippen molar-refractivity contribution < 1.29 is 8.83 Å². The Hall–Kier alpha value is -8.66. The molecule has 0 saturated carbocycles. The van der Waals surface area contributed by atoms with E-state index in [2.05, 4.69) is 241 Å². The van der Waals surface area contributed by atoms with Crippen LogP contribution in [0.25, 0.3) is 110 Å². The Morgan fingerprint density at radius 3 is 1.00 bits per heavy atom. The topological polar surface area (TPSA) is 29.5 Å². The minimum Gasteiger partial charge on any atom is -0.456 e. The van der Waals surface area contributed by atoms with Gasteiger partial charge < -0.3 is 13.7 Å². The molecule has 0 unspecified atom stereocenters. The van der Waals surface area contributed by atoms with Crippen LogP contribution in [0.4, 0.5) is 17.1 Å². The zero-order chi connectivity index (χ0) is 42.8. The first-order chi connectivity index (χ1) is 32.2. The SMILES string of the molecule is c1ccc(-c2ccc(-c3ccc(N(c4ccc(-c5ccc6c(c5)oc5ccc7ccccc7c56)cc4)c4ccc(-c5ccc6c(c5)oc5ccc7ccccc7c56)cc4)cc3)cc2)cc1. The molecular weight excluding hydrogens is 791 g/mol. The lowest BCUT2D eigenvalue weighted by Gasteiger charge is -2.26. The number of furan rings is 2. The first-order valence-electron chi connectivity index (χ1n) is 22.1. The van der Waals surface area contributed by atoms with Gasteiger partial charge >= 0.3 is 0 Å². The fraction of sp³-hybridized carbons (Fsp3) is 0. The van der Waals surface area contributed by atoms with Crippen LogP contribution in [-0.2, 0) is 0 Å². The smallest absolute Gasteiger partial charge is 0.136 e. The van der Waals surface area contributed by atoms with Gasteiger partial charge in [-0.15, -0.1) is 0 Å². The lowest BCUT2D eigenvalue weighted by Crippen LogP contribution is -2.09. The van der Waals surface area contributed by atoms with Crippen LogP contribution in [0.5, 0.6) is 0 Å². The molecule has 0 saturated heterocycles. The van der Waals surface area contributed by atoms with Gasteiger partial charge in [0.15, 0.2) is 0 Å². The Labute approximate surface area is 375 Å². The van der Waals surface area contributed by atoms with Crippen molar-refractivity contribution in [3.05, 3.63) is 237 Å². The molecule has 0 fully saturated rings. The summed E-state index contributed by atoms with van der Waals surface area (Å²) in [5.74, 6) is 0. The summed E-state index contributed by atoms with van der Waals surface area (Å²) in [5, 5.41) is 9.45. The van der Waals surface area contributed by atoms with Crippen molar-refractivity contribution in [3.63, 3.8) is 0 Å². The number of fused-ring (bicyclic) bond motifs is 10. The largest absolute Gasteiger partial charge is 0.456 e. The summed E-state index contributed by atoms with van der Waals surface area (Å²) in [4.78, 5) is 2.33. The molecule has 0 amide bonds. The molecule has 13 aromatic rings. The van der Waals surface area contributed by atoms with E-state index in [1.165, 1.54) is 54.6 Å². The summed E-state index contributed by atoms with van der Waals surface area (Å²) in [5.41, 5.74) is 16.0. The highest BCUT2D eigenvalue weighted by Gasteiger charge is 2.17. The number of anilines is 3. The molecule has 0 spiro atoms. The lowest BCUT2D eigenvalue weighted by atomic mass is 9.99. The minimum absolute atomic E-state index is 0.891. The van der Waals surface area contributed by atoms with Gasteiger partial charge in [0, 0.05) is 38.6 Å². The Balaban J connectivity index is 0.853. The van der Waals surface area contributed by atoms with Crippen molar-refractivity contribution in [1.82, 2.24) is 0 Å². The first kappa shape index (κ1) is 36.9. The summed E-state index contributed by atoms with van der Waals surface area (Å²) in [7, 11) is 0. The normalized spacial score (nSPS) is 11.7. The van der Waals surface area contributed by atoms with E-state index in [4.69, 9.17) is 8.83 Å². The van der Waals surface area contributed by atoms with Crippen LogP contribution in [0.2, 0.25) is 0 Å². The van der Waals surface area contributed by atoms with Gasteiger partial charge in [-0.05, 0) is 139 Å². The van der Waals surface area contributed by atoms with E-state index < -0.39 is 0 Å². The second kappa shape index (κ2) is 15.0. The number of hydrogen-bond donors (Lipinski definition) is 0. The Morgan fingerprint density at radius 2 is 0.569 bits per heavy atom. The van der Waals surface area contributed by atoms with Gasteiger partial charge in [0.05, 0.1) is 0 Å². The van der Waals surface area contributed by atoms with Gasteiger partial charge in [-0.3, -0.25) is 0 Å². The molecule has 3 heteroatoms. The van der Waals surface area contributed by atoms with Crippen molar-refractivity contribution in [3.8, 4) is 44.5 Å². The molecule has 0 aliphatic rings. The maximum Gasteiger partial charge on any atom is 0.136 e. The van der Waals surface area contributed by atoms with Crippen LogP contribution in [0.3, 0.4) is 0 Å². The van der Waals surface area contributed by atoms with Crippen LogP contribution in [-0.4, -0.2) is 0 Å². The molecular formula is C62H39NO2. The molecule has 304 valence electrons. The molecule has 0 bridgehead atoms. The predicted octanol–water partition coefficient (Wildman–Crippen LogP) is 17.9. The van der Waals surface area contributed by atoms with E-state index in [-0.39, 0.29) is 0 Å². The highest BCUT2D eigenvalue weighted by Crippen LogP contribution is 2.41. The average Bonchev–Trinajstić information content (AvgIpc) is 3.96. The molecule has 11 aromatic carbocycles. The van der Waals surface area contributed by atoms with Gasteiger partial charge in [0.25, 0.3) is 0 Å². The maximum atomic E-state index is 6.45. The molecule has 0 aliphatic carbocycles. The van der Waals surface area contributed by atoms with Crippen LogP contribution in [0.1, 0.15) is 0 Å². The predicted molar refractivity (Wildman–Crippen MR) is 272 cm³/mol. The first-order valence-corrected chi connectivity index (χ1v) is 22.1. The number of hydrogen-bond acceptors (Lipinski definition) is 3. The maximum absolute atomic E-state index is 6.45. The molecule has 2 aromatic heterocycles. The van der Waals surface area contributed by atoms with E-state index in [1.54, 1.807) is 0 Å². The quantitative estimate of drug-likeness (QED) is 0.160. The van der Waals surface area contributed by atoms with E-state index in [1.807, 2.05) is 0 Å². The van der Waals surface area contributed by atoms with E-state index in [0.717, 1.165) is 72.4 Å². The van der Waals surface area contributed by atoms with Gasteiger partial charge in [-0.2, -0.15) is 0 Å². The van der Waals surface area contributed by atoms with E-state index in [9.17, 15) is 0 Å². The van der Waals surface area contributed by atoms with E-state index in [0.29, 0.717) is 0 Å². The second-order valence-electron chi connectivity index (χ2n) is 16.9. The summed E-state index contributed by atoms with van der Waals surface area (Å²) in [6, 6.07) is 84.6. The number of nitrogens with zero attached hydrogens (tertiary/aromatic N) is 1. The lowest BCUT2D eigenvalue weighted by molar-refractivity contribution is 0.669. The Morgan fingerprint density at radius 1 is 0.231 bits per heavy atom. The highest BCUT2D eigenvalue weighted by molar-refractivity contribution is 6.20. The van der Waals surface area contributed by atoms with Crippen molar-refractivity contribution in [2.75, 3.05) is 4.90 Å². The zero-order valence-corrected chi connectivity index (χ0v) is 35.3. The number of rotatable bonds is 7. The third-order valence-electron chi connectivity index (χ3n) is 13.1. The van der Waals surface area contributed by atoms with Gasteiger partial charge in [0.1, 0.15) is 22.3 Å². The molecule has 0 atom stereocenters. The molecule has 0 radical (unpaired) electrons. The second-order valence-corrected chi connectivity index (χ2v) is 16.9. The van der Waals surface area contributed by atoms with Crippen molar-refractivity contribution >= 4 is 82.5 Å². The summed E-state index contributed by atoms with van der Waals surface area (Å²) >= 11 is 0. The molecule has 3 nitrogen and oxygen atoms in total. The van der Waals surface area contributed by atoms with Crippen molar-refractivity contribution in [2.24, 2.45) is 0 Å². The summed E-state index contributed by atoms with van der Waals surface area (Å²) < 4.78 is 12.9. The fourth-order valence-electron chi connectivity index (χ4n) is 9.79. The van der Waals surface area contributed by atoms with Crippen LogP contribution < -0.4 is 4.90 Å². The zero-order valence-electron chi connectivity index (χ0n) is 35.3.